The number of hydrogen-bond acceptors (Lipinski definition) is 3. The summed E-state index contributed by atoms with van der Waals surface area (Å²) in [5.41, 5.74) is 0. The maximum atomic E-state index is 9.74. The number of hydrogen-bond donors (Lipinski definition) is 0. The molecule has 0 N–H and O–H groups in total. The van der Waals surface area contributed by atoms with E-state index < -0.39 is 5.82 Å². The summed E-state index contributed by atoms with van der Waals surface area (Å²) in [5, 5.41) is 0. The Hall–Kier alpha value is 0.270. The Morgan fingerprint density at radius 2 is 1.71 bits per heavy atom. The predicted octanol–water partition coefficient (Wildman–Crippen LogP) is -0.683. The van der Waals surface area contributed by atoms with Crippen LogP contribution >= 0.6 is 0 Å². The molecule has 0 fully saturated rings. The monoisotopic (exact) mass is 128 g/mol. The molecule has 0 aliphatic heterocycles. The topological polar surface area (TPSA) is 43.4 Å². The Morgan fingerprint density at radius 3 is 1.86 bits per heavy atom. The van der Waals surface area contributed by atoms with Gasteiger partial charge in [0.2, 0.25) is 0 Å². The van der Waals surface area contributed by atoms with Crippen molar-refractivity contribution >= 4 is 37.7 Å². The average molecular weight is 128 g/mol. The number of rotatable bonds is 0. The zero-order valence-electron chi connectivity index (χ0n) is 2.88. The molecule has 1 rings (SSSR count). The van der Waals surface area contributed by atoms with Crippen LogP contribution in [0.15, 0.2) is 26.2 Å². The Bertz CT molecular complexity index is 148. The van der Waals surface area contributed by atoms with Gasteiger partial charge in [-0.2, -0.15) is 0 Å². The van der Waals surface area contributed by atoms with E-state index in [1.165, 1.54) is 12.5 Å². The van der Waals surface area contributed by atoms with Gasteiger partial charge in [0.1, 0.15) is 12.5 Å². The molecule has 7 heavy (non-hydrogen) atoms. The first-order chi connectivity index (χ1) is 2.89. The first kappa shape index (κ1) is 7.27. The van der Waals surface area contributed by atoms with Crippen LogP contribution in [0, 0.1) is 0 Å². The fourth-order valence-electron chi connectivity index (χ4n) is 0.194. The molecule has 0 atom stereocenters. The molecule has 0 unspecified atom stereocenters. The van der Waals surface area contributed by atoms with Gasteiger partial charge in [0.15, 0.2) is 0 Å². The van der Waals surface area contributed by atoms with Crippen LogP contribution in [-0.4, -0.2) is 37.7 Å². The van der Waals surface area contributed by atoms with E-state index in [2.05, 4.69) is 8.83 Å². The van der Waals surface area contributed by atoms with Crippen molar-refractivity contribution < 1.29 is 8.83 Å². The van der Waals surface area contributed by atoms with E-state index in [0.717, 1.165) is 0 Å². The van der Waals surface area contributed by atoms with Crippen LogP contribution in [0.4, 0.5) is 0 Å². The fraction of sp³-hybridized carbons (Fsp3) is 0. The quantitative estimate of drug-likeness (QED) is 0.435. The van der Waals surface area contributed by atoms with Crippen molar-refractivity contribution in [3.05, 3.63) is 23.1 Å². The van der Waals surface area contributed by atoms with Gasteiger partial charge in [0, 0.05) is 0 Å². The van der Waals surface area contributed by atoms with Gasteiger partial charge in [-0.3, -0.25) is 0 Å². The van der Waals surface area contributed by atoms with Crippen molar-refractivity contribution in [2.24, 2.45) is 0 Å². The molecular weight excluding hydrogens is 124 g/mol. The van der Waals surface area contributed by atoms with E-state index in [0.29, 0.717) is 0 Å². The summed E-state index contributed by atoms with van der Waals surface area (Å²) in [6, 6.07) is 0. The molecule has 0 bridgehead atoms. The zero-order valence-corrected chi connectivity index (χ0v) is 2.88. The molecular formula is C3H4CaO3. The molecule has 0 aliphatic rings. The van der Waals surface area contributed by atoms with Crippen LogP contribution in [0.2, 0.25) is 0 Å². The average Bonchev–Trinajstić information content (AvgIpc) is 1.86. The molecule has 0 radical (unpaired) electrons. The van der Waals surface area contributed by atoms with Crippen molar-refractivity contribution in [2.75, 3.05) is 0 Å². The summed E-state index contributed by atoms with van der Waals surface area (Å²) >= 11 is 0. The van der Waals surface area contributed by atoms with E-state index in [1.54, 1.807) is 0 Å². The third-order valence-electron chi connectivity index (χ3n) is 0.384. The fourth-order valence-corrected chi connectivity index (χ4v) is 0.194. The van der Waals surface area contributed by atoms with Gasteiger partial charge in [-0.1, -0.05) is 0 Å². The summed E-state index contributed by atoms with van der Waals surface area (Å²) in [5.74, 6) is -0.657. The van der Waals surface area contributed by atoms with Crippen molar-refractivity contribution in [3.63, 3.8) is 0 Å². The molecule has 0 aliphatic carbocycles. The minimum atomic E-state index is -0.657. The van der Waals surface area contributed by atoms with Crippen molar-refractivity contribution in [3.8, 4) is 0 Å². The van der Waals surface area contributed by atoms with Crippen molar-refractivity contribution in [1.29, 1.82) is 0 Å². The normalized spacial score (nSPS) is 7.43. The molecule has 4 heteroatoms. The van der Waals surface area contributed by atoms with Crippen molar-refractivity contribution in [1.82, 2.24) is 0 Å². The first-order valence-electron chi connectivity index (χ1n) is 1.42. The predicted molar refractivity (Wildman–Crippen MR) is 25.8 cm³/mol. The molecule has 0 saturated heterocycles. The van der Waals surface area contributed by atoms with Crippen LogP contribution in [0.5, 0.6) is 0 Å². The molecule has 1 aromatic heterocycles. The molecule has 36 valence electrons. The van der Waals surface area contributed by atoms with Crippen molar-refractivity contribution in [2.45, 2.75) is 0 Å². The molecule has 1 heterocycles. The first-order valence-corrected chi connectivity index (χ1v) is 1.42. The maximum absolute atomic E-state index is 9.74. The Morgan fingerprint density at radius 1 is 1.29 bits per heavy atom. The summed E-state index contributed by atoms with van der Waals surface area (Å²) in [6.45, 7) is 0. The van der Waals surface area contributed by atoms with Gasteiger partial charge in [0.05, 0.1) is 0 Å². The van der Waals surface area contributed by atoms with Crippen LogP contribution in [0.25, 0.3) is 0 Å². The third-order valence-corrected chi connectivity index (χ3v) is 0.384. The minimum absolute atomic E-state index is 0. The Labute approximate surface area is 69.3 Å². The van der Waals surface area contributed by atoms with Gasteiger partial charge in [-0.05, 0) is 0 Å². The van der Waals surface area contributed by atoms with E-state index in [-0.39, 0.29) is 37.7 Å². The van der Waals surface area contributed by atoms with E-state index in [9.17, 15) is 4.79 Å². The molecule has 1 aromatic rings. The molecule has 0 saturated carbocycles. The summed E-state index contributed by atoms with van der Waals surface area (Å²) in [6.07, 6.45) is 2.37. The Kier molecular flexibility index (Phi) is 3.42. The van der Waals surface area contributed by atoms with Gasteiger partial charge in [0.25, 0.3) is 0 Å². The summed E-state index contributed by atoms with van der Waals surface area (Å²) < 4.78 is 8.22. The summed E-state index contributed by atoms with van der Waals surface area (Å²) in [4.78, 5) is 9.74. The van der Waals surface area contributed by atoms with Gasteiger partial charge >= 0.3 is 43.6 Å². The molecule has 0 aromatic carbocycles. The molecule has 0 amide bonds. The van der Waals surface area contributed by atoms with Crippen LogP contribution in [0.3, 0.4) is 0 Å². The van der Waals surface area contributed by atoms with Crippen LogP contribution in [-0.2, 0) is 0 Å². The van der Waals surface area contributed by atoms with E-state index in [4.69, 9.17) is 0 Å². The van der Waals surface area contributed by atoms with Crippen LogP contribution < -0.4 is 5.82 Å². The third kappa shape index (κ3) is 2.16. The van der Waals surface area contributed by atoms with Crippen LogP contribution in [0.1, 0.15) is 0 Å². The Balaban J connectivity index is 0.000000360. The van der Waals surface area contributed by atoms with Gasteiger partial charge < -0.3 is 8.83 Å². The second kappa shape index (κ2) is 3.29. The SMILES string of the molecule is O=c1occo1.[CaH2]. The van der Waals surface area contributed by atoms with Gasteiger partial charge in [-0.15, -0.1) is 0 Å². The van der Waals surface area contributed by atoms with E-state index >= 15 is 0 Å². The summed E-state index contributed by atoms with van der Waals surface area (Å²) in [7, 11) is 0. The van der Waals surface area contributed by atoms with E-state index in [1.807, 2.05) is 0 Å². The van der Waals surface area contributed by atoms with Gasteiger partial charge in [-0.25, -0.2) is 4.79 Å². The molecule has 3 nitrogen and oxygen atoms in total. The zero-order chi connectivity index (χ0) is 4.41. The second-order valence-corrected chi connectivity index (χ2v) is 0.758. The standard InChI is InChI=1S/C3H2O3.Ca.2H/c4-3-5-1-2-6-3;;;/h1-2H;;;. The second-order valence-electron chi connectivity index (χ2n) is 0.758. The molecule has 0 spiro atoms.